The molecule has 0 heterocycles. The average molecular weight is 488 g/mol. The number of aromatic hydroxyl groups is 1. The molecule has 0 spiro atoms. The van der Waals surface area contributed by atoms with Crippen LogP contribution in [0.3, 0.4) is 0 Å². The molecular formula is C20H33IN4O2. The number of benzene rings is 1. The Balaban J connectivity index is 0.00000364. The van der Waals surface area contributed by atoms with E-state index < -0.39 is 0 Å². The van der Waals surface area contributed by atoms with E-state index in [9.17, 15) is 9.90 Å². The van der Waals surface area contributed by atoms with Crippen LogP contribution in [0.5, 0.6) is 5.75 Å². The molecule has 6 nitrogen and oxygen atoms in total. The lowest BCUT2D eigenvalue weighted by Crippen LogP contribution is -2.45. The first-order valence-electron chi connectivity index (χ1n) is 9.74. The molecule has 0 aromatic heterocycles. The fraction of sp³-hybridized carbons (Fsp3) is 0.600. The molecule has 0 unspecified atom stereocenters. The number of carbonyl (C=O) groups excluding carboxylic acids is 1. The third-order valence-electron chi connectivity index (χ3n) is 4.76. The summed E-state index contributed by atoms with van der Waals surface area (Å²) in [6.45, 7) is 5.09. The van der Waals surface area contributed by atoms with Gasteiger partial charge >= 0.3 is 0 Å². The minimum atomic E-state index is -0.181. The molecule has 1 aromatic rings. The van der Waals surface area contributed by atoms with Crippen molar-refractivity contribution >= 4 is 41.5 Å². The lowest BCUT2D eigenvalue weighted by Gasteiger charge is -2.30. The van der Waals surface area contributed by atoms with Gasteiger partial charge in [-0.1, -0.05) is 19.8 Å². The molecule has 1 saturated carbocycles. The number of hydrogen-bond donors (Lipinski definition) is 4. The van der Waals surface area contributed by atoms with E-state index in [2.05, 4.69) is 27.9 Å². The zero-order valence-corrected chi connectivity index (χ0v) is 18.7. The number of nitrogens with one attached hydrogen (secondary N) is 3. The van der Waals surface area contributed by atoms with Gasteiger partial charge in [0.05, 0.1) is 0 Å². The molecule has 7 heteroatoms. The third kappa shape index (κ3) is 8.81. The highest BCUT2D eigenvalue weighted by Crippen LogP contribution is 2.27. The molecule has 152 valence electrons. The highest BCUT2D eigenvalue weighted by atomic mass is 127. The van der Waals surface area contributed by atoms with Crippen LogP contribution in [0, 0.1) is 5.92 Å². The monoisotopic (exact) mass is 488 g/mol. The van der Waals surface area contributed by atoms with Gasteiger partial charge in [-0.3, -0.25) is 4.79 Å². The van der Waals surface area contributed by atoms with Crippen LogP contribution in [0.25, 0.3) is 0 Å². The number of phenols is 1. The summed E-state index contributed by atoms with van der Waals surface area (Å²) in [5.74, 6) is 1.56. The first-order chi connectivity index (χ1) is 12.6. The summed E-state index contributed by atoms with van der Waals surface area (Å²) in [6, 6.07) is 6.84. The Morgan fingerprint density at radius 1 is 1.15 bits per heavy atom. The molecule has 27 heavy (non-hydrogen) atoms. The van der Waals surface area contributed by atoms with Gasteiger partial charge in [0.15, 0.2) is 5.96 Å². The standard InChI is InChI=1S/C20H32N4O2.HI/c1-3-5-15-6-8-17(9-7-15)24-20(21-4-2)22-14-19(26)23-16-10-12-18(25)13-11-16;/h10-13,15,17,25H,3-9,14H2,1-2H3,(H,23,26)(H2,21,22,24);1H. The summed E-state index contributed by atoms with van der Waals surface area (Å²) >= 11 is 0. The summed E-state index contributed by atoms with van der Waals surface area (Å²) in [6.07, 6.45) is 7.46. The minimum absolute atomic E-state index is 0. The van der Waals surface area contributed by atoms with Gasteiger partial charge in [-0.2, -0.15) is 0 Å². The van der Waals surface area contributed by atoms with Gasteiger partial charge in [0, 0.05) is 18.3 Å². The number of anilines is 1. The molecule has 1 aliphatic rings. The molecule has 0 saturated heterocycles. The quantitative estimate of drug-likeness (QED) is 0.203. The van der Waals surface area contributed by atoms with Crippen molar-refractivity contribution < 1.29 is 9.90 Å². The number of aliphatic imine (C=N–C) groups is 1. The van der Waals surface area contributed by atoms with Gasteiger partial charge in [0.2, 0.25) is 5.91 Å². The Bertz CT molecular complexity index is 584. The van der Waals surface area contributed by atoms with Crippen molar-refractivity contribution in [2.45, 2.75) is 58.4 Å². The number of hydrogen-bond acceptors (Lipinski definition) is 3. The smallest absolute Gasteiger partial charge is 0.246 e. The van der Waals surface area contributed by atoms with Crippen LogP contribution in [0.15, 0.2) is 29.3 Å². The van der Waals surface area contributed by atoms with E-state index >= 15 is 0 Å². The maximum absolute atomic E-state index is 12.1. The number of halogens is 1. The molecule has 0 bridgehead atoms. The van der Waals surface area contributed by atoms with Crippen molar-refractivity contribution in [3.05, 3.63) is 24.3 Å². The molecule has 0 aliphatic heterocycles. The molecule has 1 fully saturated rings. The molecule has 1 aromatic carbocycles. The summed E-state index contributed by atoms with van der Waals surface area (Å²) < 4.78 is 0. The molecule has 2 rings (SSSR count). The van der Waals surface area contributed by atoms with Crippen LogP contribution >= 0.6 is 24.0 Å². The van der Waals surface area contributed by atoms with Gasteiger partial charge in [0.1, 0.15) is 12.3 Å². The predicted octanol–water partition coefficient (Wildman–Crippen LogP) is 3.86. The van der Waals surface area contributed by atoms with Crippen LogP contribution in [0.2, 0.25) is 0 Å². The van der Waals surface area contributed by atoms with Crippen molar-refractivity contribution in [1.29, 1.82) is 0 Å². The van der Waals surface area contributed by atoms with Crippen LogP contribution in [0.1, 0.15) is 52.4 Å². The summed E-state index contributed by atoms with van der Waals surface area (Å²) in [5, 5.41) is 18.7. The average Bonchev–Trinajstić information content (AvgIpc) is 2.64. The number of carbonyl (C=O) groups is 1. The van der Waals surface area contributed by atoms with Crippen LogP contribution in [-0.4, -0.2) is 36.1 Å². The van der Waals surface area contributed by atoms with Crippen LogP contribution in [0.4, 0.5) is 5.69 Å². The first kappa shape index (κ1) is 23.5. The number of amides is 1. The minimum Gasteiger partial charge on any atom is -0.508 e. The number of rotatable bonds is 7. The first-order valence-corrected chi connectivity index (χ1v) is 9.74. The normalized spacial score (nSPS) is 19.7. The summed E-state index contributed by atoms with van der Waals surface area (Å²) in [4.78, 5) is 16.5. The molecule has 0 radical (unpaired) electrons. The second-order valence-electron chi connectivity index (χ2n) is 6.94. The molecule has 0 atom stereocenters. The van der Waals surface area contributed by atoms with E-state index in [4.69, 9.17) is 0 Å². The third-order valence-corrected chi connectivity index (χ3v) is 4.76. The SMILES string of the molecule is CCCC1CCC(NC(=NCC(=O)Nc2ccc(O)cc2)NCC)CC1.I. The Kier molecular flexibility index (Phi) is 11.2. The van der Waals surface area contributed by atoms with E-state index in [0.717, 1.165) is 25.3 Å². The number of phenolic OH excluding ortho intramolecular Hbond substituents is 1. The van der Waals surface area contributed by atoms with E-state index in [-0.39, 0.29) is 42.2 Å². The van der Waals surface area contributed by atoms with Crippen molar-refractivity contribution in [3.63, 3.8) is 0 Å². The van der Waals surface area contributed by atoms with Gasteiger partial charge in [-0.25, -0.2) is 4.99 Å². The van der Waals surface area contributed by atoms with Crippen molar-refractivity contribution in [3.8, 4) is 5.75 Å². The van der Waals surface area contributed by atoms with Gasteiger partial charge in [0.25, 0.3) is 0 Å². The van der Waals surface area contributed by atoms with E-state index in [1.165, 1.54) is 25.7 Å². The fourth-order valence-electron chi connectivity index (χ4n) is 3.41. The molecule has 4 N–H and O–H groups in total. The van der Waals surface area contributed by atoms with E-state index in [1.54, 1.807) is 24.3 Å². The van der Waals surface area contributed by atoms with Gasteiger partial charge in [-0.05, 0) is 62.8 Å². The molecule has 1 aliphatic carbocycles. The molecule has 1 amide bonds. The number of guanidine groups is 1. The lowest BCUT2D eigenvalue weighted by atomic mass is 9.83. The van der Waals surface area contributed by atoms with E-state index in [0.29, 0.717) is 17.7 Å². The second kappa shape index (κ2) is 12.8. The lowest BCUT2D eigenvalue weighted by molar-refractivity contribution is -0.114. The summed E-state index contributed by atoms with van der Waals surface area (Å²) in [7, 11) is 0. The molecular weight excluding hydrogens is 455 g/mol. The van der Waals surface area contributed by atoms with E-state index in [1.807, 2.05) is 6.92 Å². The zero-order valence-electron chi connectivity index (χ0n) is 16.3. The number of nitrogens with zero attached hydrogens (tertiary/aromatic N) is 1. The largest absolute Gasteiger partial charge is 0.508 e. The highest BCUT2D eigenvalue weighted by molar-refractivity contribution is 14.0. The van der Waals surface area contributed by atoms with Crippen LogP contribution < -0.4 is 16.0 Å². The zero-order chi connectivity index (χ0) is 18.8. The second-order valence-corrected chi connectivity index (χ2v) is 6.94. The Morgan fingerprint density at radius 3 is 2.41 bits per heavy atom. The summed E-state index contributed by atoms with van der Waals surface area (Å²) in [5.41, 5.74) is 0.648. The van der Waals surface area contributed by atoms with Crippen LogP contribution in [-0.2, 0) is 4.79 Å². The van der Waals surface area contributed by atoms with Gasteiger partial charge < -0.3 is 21.1 Å². The van der Waals surface area contributed by atoms with Crippen molar-refractivity contribution in [2.24, 2.45) is 10.9 Å². The highest BCUT2D eigenvalue weighted by Gasteiger charge is 2.21. The Labute approximate surface area is 179 Å². The van der Waals surface area contributed by atoms with Crippen molar-refractivity contribution in [2.75, 3.05) is 18.4 Å². The Hall–Kier alpha value is -1.51. The fourth-order valence-corrected chi connectivity index (χ4v) is 3.41. The van der Waals surface area contributed by atoms with Crippen molar-refractivity contribution in [1.82, 2.24) is 10.6 Å². The Morgan fingerprint density at radius 2 is 1.81 bits per heavy atom. The topological polar surface area (TPSA) is 85.8 Å². The maximum Gasteiger partial charge on any atom is 0.246 e. The van der Waals surface area contributed by atoms with Gasteiger partial charge in [-0.15, -0.1) is 24.0 Å². The maximum atomic E-state index is 12.1. The predicted molar refractivity (Wildman–Crippen MR) is 122 cm³/mol.